The normalized spacial score (nSPS) is 12.0. The molecule has 0 saturated carbocycles. The summed E-state index contributed by atoms with van der Waals surface area (Å²) in [4.78, 5) is 0. The fourth-order valence-electron chi connectivity index (χ4n) is 0.925. The monoisotopic (exact) mass is 328 g/mol. The van der Waals surface area contributed by atoms with E-state index in [1.54, 1.807) is 0 Å². The Bertz CT molecular complexity index is 261. The standard InChI is InChI=1S/C8H10Br2N2.ClH/c9-6-1-5(8(12)4-11)2-7(10)3-6;/h1-3,8H,4,11-12H2;1H/t8-;/m0./s1. The quantitative estimate of drug-likeness (QED) is 0.876. The van der Waals surface area contributed by atoms with Crippen molar-refractivity contribution >= 4 is 44.3 Å². The van der Waals surface area contributed by atoms with Crippen LogP contribution in [0.2, 0.25) is 0 Å². The molecule has 0 aromatic heterocycles. The van der Waals surface area contributed by atoms with E-state index in [0.29, 0.717) is 6.54 Å². The van der Waals surface area contributed by atoms with Crippen LogP contribution in [-0.4, -0.2) is 6.54 Å². The van der Waals surface area contributed by atoms with E-state index in [2.05, 4.69) is 31.9 Å². The summed E-state index contributed by atoms with van der Waals surface area (Å²) in [7, 11) is 0. The summed E-state index contributed by atoms with van der Waals surface area (Å²) >= 11 is 6.77. The highest BCUT2D eigenvalue weighted by atomic mass is 79.9. The Kier molecular flexibility index (Phi) is 6.16. The van der Waals surface area contributed by atoms with Gasteiger partial charge in [0.1, 0.15) is 0 Å². The number of hydrogen-bond acceptors (Lipinski definition) is 2. The molecule has 0 aliphatic heterocycles. The van der Waals surface area contributed by atoms with Crippen LogP contribution in [-0.2, 0) is 0 Å². The van der Waals surface area contributed by atoms with Crippen molar-refractivity contribution in [3.05, 3.63) is 32.7 Å². The molecule has 74 valence electrons. The summed E-state index contributed by atoms with van der Waals surface area (Å²) in [5.74, 6) is 0. The Labute approximate surface area is 101 Å². The molecule has 0 amide bonds. The molecule has 0 bridgehead atoms. The summed E-state index contributed by atoms with van der Waals surface area (Å²) in [6, 6.07) is 5.83. The molecule has 2 nitrogen and oxygen atoms in total. The summed E-state index contributed by atoms with van der Waals surface area (Å²) in [6.45, 7) is 0.461. The zero-order valence-electron chi connectivity index (χ0n) is 6.84. The fraction of sp³-hybridized carbons (Fsp3) is 0.250. The molecule has 1 aromatic carbocycles. The highest BCUT2D eigenvalue weighted by Gasteiger charge is 2.04. The smallest absolute Gasteiger partial charge is 0.0420 e. The van der Waals surface area contributed by atoms with Crippen LogP contribution in [0.15, 0.2) is 27.1 Å². The minimum atomic E-state index is -0.0844. The number of halogens is 3. The second-order valence-electron chi connectivity index (χ2n) is 2.54. The number of rotatable bonds is 2. The van der Waals surface area contributed by atoms with Crippen molar-refractivity contribution in [2.24, 2.45) is 11.5 Å². The third-order valence-corrected chi connectivity index (χ3v) is 2.48. The molecule has 0 aliphatic rings. The summed E-state index contributed by atoms with van der Waals surface area (Å²) in [6.07, 6.45) is 0. The van der Waals surface area contributed by atoms with Crippen LogP contribution in [0.1, 0.15) is 11.6 Å². The lowest BCUT2D eigenvalue weighted by molar-refractivity contribution is 0.736. The van der Waals surface area contributed by atoms with Gasteiger partial charge in [-0.25, -0.2) is 0 Å². The van der Waals surface area contributed by atoms with E-state index in [1.165, 1.54) is 0 Å². The van der Waals surface area contributed by atoms with Crippen LogP contribution in [0.4, 0.5) is 0 Å². The first kappa shape index (κ1) is 13.4. The van der Waals surface area contributed by atoms with Crippen LogP contribution in [0.3, 0.4) is 0 Å². The Balaban J connectivity index is 0.00000144. The third-order valence-electron chi connectivity index (χ3n) is 1.57. The predicted molar refractivity (Wildman–Crippen MR) is 65.1 cm³/mol. The lowest BCUT2D eigenvalue weighted by atomic mass is 10.1. The number of nitrogens with two attached hydrogens (primary N) is 2. The second kappa shape index (κ2) is 5.98. The zero-order chi connectivity index (χ0) is 9.14. The molecule has 4 N–H and O–H groups in total. The molecule has 0 fully saturated rings. The van der Waals surface area contributed by atoms with Crippen molar-refractivity contribution in [1.29, 1.82) is 0 Å². The van der Waals surface area contributed by atoms with Gasteiger partial charge in [-0.15, -0.1) is 12.4 Å². The summed E-state index contributed by atoms with van der Waals surface area (Å²) < 4.78 is 2.02. The minimum Gasteiger partial charge on any atom is -0.329 e. The third kappa shape index (κ3) is 3.95. The molecule has 0 saturated heterocycles. The van der Waals surface area contributed by atoms with Gasteiger partial charge in [-0.2, -0.15) is 0 Å². The van der Waals surface area contributed by atoms with Gasteiger partial charge in [0.15, 0.2) is 0 Å². The lowest BCUT2D eigenvalue weighted by Crippen LogP contribution is -2.20. The molecule has 5 heteroatoms. The average molecular weight is 330 g/mol. The first-order chi connectivity index (χ1) is 5.63. The Morgan fingerprint density at radius 1 is 1.15 bits per heavy atom. The van der Waals surface area contributed by atoms with Gasteiger partial charge in [0.25, 0.3) is 0 Å². The van der Waals surface area contributed by atoms with Gasteiger partial charge in [0, 0.05) is 21.5 Å². The maximum Gasteiger partial charge on any atom is 0.0420 e. The minimum absolute atomic E-state index is 0. The van der Waals surface area contributed by atoms with Gasteiger partial charge < -0.3 is 11.5 Å². The molecule has 0 spiro atoms. The van der Waals surface area contributed by atoms with Crippen LogP contribution in [0.25, 0.3) is 0 Å². The molecule has 1 aromatic rings. The largest absolute Gasteiger partial charge is 0.329 e. The van der Waals surface area contributed by atoms with Gasteiger partial charge in [0.2, 0.25) is 0 Å². The predicted octanol–water partition coefficient (Wildman–Crippen LogP) is 2.59. The number of benzene rings is 1. The Hall–Kier alpha value is 0.390. The maximum atomic E-state index is 5.77. The van der Waals surface area contributed by atoms with Crippen molar-refractivity contribution in [3.8, 4) is 0 Å². The lowest BCUT2D eigenvalue weighted by Gasteiger charge is -2.09. The first-order valence-corrected chi connectivity index (χ1v) is 5.13. The SMILES string of the molecule is Cl.NC[C@H](N)c1cc(Br)cc(Br)c1. The van der Waals surface area contributed by atoms with Gasteiger partial charge in [-0.05, 0) is 23.8 Å². The molecular formula is C8H11Br2ClN2. The maximum absolute atomic E-state index is 5.77. The van der Waals surface area contributed by atoms with Crippen LogP contribution in [0, 0.1) is 0 Å². The first-order valence-electron chi connectivity index (χ1n) is 3.55. The molecule has 1 atom stereocenters. The average Bonchev–Trinajstić information content (AvgIpc) is 2.01. The fourth-order valence-corrected chi connectivity index (χ4v) is 2.25. The van der Waals surface area contributed by atoms with Crippen molar-refractivity contribution in [3.63, 3.8) is 0 Å². The number of hydrogen-bond donors (Lipinski definition) is 2. The van der Waals surface area contributed by atoms with Crippen molar-refractivity contribution in [1.82, 2.24) is 0 Å². The van der Waals surface area contributed by atoms with Gasteiger partial charge in [-0.1, -0.05) is 31.9 Å². The van der Waals surface area contributed by atoms with E-state index < -0.39 is 0 Å². The Morgan fingerprint density at radius 3 is 2.00 bits per heavy atom. The van der Waals surface area contributed by atoms with Crippen LogP contribution >= 0.6 is 44.3 Å². The van der Waals surface area contributed by atoms with Crippen molar-refractivity contribution in [2.75, 3.05) is 6.54 Å². The van der Waals surface area contributed by atoms with Gasteiger partial charge in [0.05, 0.1) is 0 Å². The molecular weight excluding hydrogens is 319 g/mol. The molecule has 0 unspecified atom stereocenters. The van der Waals surface area contributed by atoms with Gasteiger partial charge in [-0.3, -0.25) is 0 Å². The second-order valence-corrected chi connectivity index (χ2v) is 4.38. The van der Waals surface area contributed by atoms with Crippen molar-refractivity contribution < 1.29 is 0 Å². The van der Waals surface area contributed by atoms with E-state index in [0.717, 1.165) is 14.5 Å². The highest BCUT2D eigenvalue weighted by molar-refractivity contribution is 9.11. The van der Waals surface area contributed by atoms with E-state index >= 15 is 0 Å². The molecule has 13 heavy (non-hydrogen) atoms. The summed E-state index contributed by atoms with van der Waals surface area (Å²) in [5, 5.41) is 0. The van der Waals surface area contributed by atoms with E-state index in [-0.39, 0.29) is 18.4 Å². The van der Waals surface area contributed by atoms with E-state index in [9.17, 15) is 0 Å². The molecule has 1 rings (SSSR count). The molecule has 0 radical (unpaired) electrons. The Morgan fingerprint density at radius 2 is 1.62 bits per heavy atom. The highest BCUT2D eigenvalue weighted by Crippen LogP contribution is 2.22. The van der Waals surface area contributed by atoms with E-state index in [1.807, 2.05) is 18.2 Å². The van der Waals surface area contributed by atoms with E-state index in [4.69, 9.17) is 11.5 Å². The van der Waals surface area contributed by atoms with Crippen LogP contribution < -0.4 is 11.5 Å². The molecule has 0 aliphatic carbocycles. The van der Waals surface area contributed by atoms with Crippen LogP contribution in [0.5, 0.6) is 0 Å². The summed E-state index contributed by atoms with van der Waals surface area (Å²) in [5.41, 5.74) is 12.3. The van der Waals surface area contributed by atoms with Crippen molar-refractivity contribution in [2.45, 2.75) is 6.04 Å². The zero-order valence-corrected chi connectivity index (χ0v) is 10.8. The molecule has 0 heterocycles. The van der Waals surface area contributed by atoms with Gasteiger partial charge >= 0.3 is 0 Å². The topological polar surface area (TPSA) is 52.0 Å².